The van der Waals surface area contributed by atoms with Gasteiger partial charge in [0.15, 0.2) is 0 Å². The van der Waals surface area contributed by atoms with Crippen molar-refractivity contribution >= 4 is 27.6 Å². The van der Waals surface area contributed by atoms with Gasteiger partial charge in [-0.15, -0.1) is 0 Å². The molecule has 1 aromatic rings. The van der Waals surface area contributed by atoms with Crippen LogP contribution in [0.15, 0.2) is 10.8 Å². The number of nitrogens with one attached hydrogen (secondary N) is 2. The van der Waals surface area contributed by atoms with Crippen LogP contribution in [0.3, 0.4) is 0 Å². The Morgan fingerprint density at radius 1 is 1.36 bits per heavy atom. The average Bonchev–Trinajstić information content (AvgIpc) is 2.16. The van der Waals surface area contributed by atoms with Crippen LogP contribution in [0.5, 0.6) is 0 Å². The van der Waals surface area contributed by atoms with Crippen molar-refractivity contribution in [1.29, 1.82) is 0 Å². The lowest BCUT2D eigenvalue weighted by Crippen LogP contribution is -2.10. The Hall–Kier alpha value is -0.840. The summed E-state index contributed by atoms with van der Waals surface area (Å²) in [5.74, 6) is 2.22. The van der Waals surface area contributed by atoms with Gasteiger partial charge in [0.2, 0.25) is 0 Å². The normalized spacial score (nSPS) is 10.4. The van der Waals surface area contributed by atoms with Crippen LogP contribution in [-0.2, 0) is 0 Å². The van der Waals surface area contributed by atoms with Crippen molar-refractivity contribution in [3.05, 3.63) is 10.8 Å². The molecule has 2 N–H and O–H groups in total. The summed E-state index contributed by atoms with van der Waals surface area (Å²) < 4.78 is 0.878. The highest BCUT2D eigenvalue weighted by atomic mass is 79.9. The number of hydrogen-bond acceptors (Lipinski definition) is 4. The van der Waals surface area contributed by atoms with E-state index in [1.54, 1.807) is 6.33 Å². The molecule has 0 aliphatic heterocycles. The van der Waals surface area contributed by atoms with Gasteiger partial charge in [-0.25, -0.2) is 9.97 Å². The lowest BCUT2D eigenvalue weighted by Gasteiger charge is -2.11. The molecule has 0 fully saturated rings. The summed E-state index contributed by atoms with van der Waals surface area (Å²) >= 11 is 3.44. The number of anilines is 2. The SMILES string of the molecule is CNc1ncnc(NCC(C)C)c1Br. The summed E-state index contributed by atoms with van der Waals surface area (Å²) in [6, 6.07) is 0. The van der Waals surface area contributed by atoms with Crippen molar-refractivity contribution in [2.75, 3.05) is 24.2 Å². The van der Waals surface area contributed by atoms with Crippen LogP contribution in [-0.4, -0.2) is 23.6 Å². The molecular weight excluding hydrogens is 244 g/mol. The van der Waals surface area contributed by atoms with Crippen LogP contribution in [0.4, 0.5) is 11.6 Å². The molecule has 78 valence electrons. The van der Waals surface area contributed by atoms with Gasteiger partial charge >= 0.3 is 0 Å². The van der Waals surface area contributed by atoms with Crippen molar-refractivity contribution in [3.63, 3.8) is 0 Å². The Morgan fingerprint density at radius 2 is 2.00 bits per heavy atom. The molecule has 0 unspecified atom stereocenters. The zero-order valence-corrected chi connectivity index (χ0v) is 10.2. The van der Waals surface area contributed by atoms with E-state index >= 15 is 0 Å². The van der Waals surface area contributed by atoms with Gasteiger partial charge in [-0.2, -0.15) is 0 Å². The number of rotatable bonds is 4. The average molecular weight is 259 g/mol. The van der Waals surface area contributed by atoms with E-state index in [0.717, 1.165) is 22.7 Å². The van der Waals surface area contributed by atoms with Crippen LogP contribution in [0.25, 0.3) is 0 Å². The highest BCUT2D eigenvalue weighted by Crippen LogP contribution is 2.25. The molecule has 0 bridgehead atoms. The first-order valence-electron chi connectivity index (χ1n) is 4.57. The molecule has 0 saturated carbocycles. The van der Waals surface area contributed by atoms with Gasteiger partial charge in [0, 0.05) is 13.6 Å². The summed E-state index contributed by atoms with van der Waals surface area (Å²) in [5, 5.41) is 6.23. The van der Waals surface area contributed by atoms with Gasteiger partial charge < -0.3 is 10.6 Å². The van der Waals surface area contributed by atoms with Crippen molar-refractivity contribution in [2.24, 2.45) is 5.92 Å². The third kappa shape index (κ3) is 2.83. The standard InChI is InChI=1S/C9H15BrN4/c1-6(2)4-12-9-7(10)8(11-3)13-5-14-9/h5-6H,4H2,1-3H3,(H2,11,12,13,14). The van der Waals surface area contributed by atoms with E-state index in [0.29, 0.717) is 5.92 Å². The molecule has 0 atom stereocenters. The fraction of sp³-hybridized carbons (Fsp3) is 0.556. The molecule has 5 heteroatoms. The highest BCUT2D eigenvalue weighted by Gasteiger charge is 2.06. The second-order valence-electron chi connectivity index (χ2n) is 3.41. The van der Waals surface area contributed by atoms with E-state index in [2.05, 4.69) is 50.4 Å². The second-order valence-corrected chi connectivity index (χ2v) is 4.20. The Labute approximate surface area is 92.7 Å². The molecule has 0 amide bonds. The smallest absolute Gasteiger partial charge is 0.145 e. The monoisotopic (exact) mass is 258 g/mol. The Balaban J connectivity index is 2.76. The molecule has 0 saturated heterocycles. The molecule has 0 spiro atoms. The van der Waals surface area contributed by atoms with Gasteiger partial charge in [0.05, 0.1) is 0 Å². The van der Waals surface area contributed by atoms with Crippen LogP contribution < -0.4 is 10.6 Å². The Morgan fingerprint density at radius 3 is 2.57 bits per heavy atom. The van der Waals surface area contributed by atoms with Crippen molar-refractivity contribution in [2.45, 2.75) is 13.8 Å². The molecule has 0 aliphatic carbocycles. The van der Waals surface area contributed by atoms with Gasteiger partial charge in [0.25, 0.3) is 0 Å². The number of nitrogens with zero attached hydrogens (tertiary/aromatic N) is 2. The van der Waals surface area contributed by atoms with Crippen LogP contribution in [0, 0.1) is 5.92 Å². The quantitative estimate of drug-likeness (QED) is 0.871. The van der Waals surface area contributed by atoms with Crippen molar-refractivity contribution in [3.8, 4) is 0 Å². The minimum absolute atomic E-state index is 0.593. The van der Waals surface area contributed by atoms with E-state index in [9.17, 15) is 0 Å². The minimum Gasteiger partial charge on any atom is -0.372 e. The zero-order valence-electron chi connectivity index (χ0n) is 8.63. The molecular formula is C9H15BrN4. The predicted molar refractivity (Wildman–Crippen MR) is 62.6 cm³/mol. The summed E-state index contributed by atoms with van der Waals surface area (Å²) in [4.78, 5) is 8.23. The first-order valence-corrected chi connectivity index (χ1v) is 5.36. The Bertz CT molecular complexity index is 301. The lowest BCUT2D eigenvalue weighted by atomic mass is 10.2. The van der Waals surface area contributed by atoms with Gasteiger partial charge in [-0.3, -0.25) is 0 Å². The Kier molecular flexibility index (Phi) is 4.13. The van der Waals surface area contributed by atoms with Crippen molar-refractivity contribution in [1.82, 2.24) is 9.97 Å². The number of aromatic nitrogens is 2. The topological polar surface area (TPSA) is 49.8 Å². The summed E-state index contributed by atoms with van der Waals surface area (Å²) in [6.07, 6.45) is 1.54. The molecule has 14 heavy (non-hydrogen) atoms. The third-order valence-electron chi connectivity index (χ3n) is 1.70. The summed E-state index contributed by atoms with van der Waals surface area (Å²) in [6.45, 7) is 5.21. The number of hydrogen-bond donors (Lipinski definition) is 2. The molecule has 1 rings (SSSR count). The summed E-state index contributed by atoms with van der Waals surface area (Å²) in [7, 11) is 1.83. The third-order valence-corrected chi connectivity index (χ3v) is 2.46. The van der Waals surface area contributed by atoms with Gasteiger partial charge in [-0.05, 0) is 21.8 Å². The van der Waals surface area contributed by atoms with E-state index in [1.165, 1.54) is 0 Å². The molecule has 1 heterocycles. The predicted octanol–water partition coefficient (Wildman–Crippen LogP) is 2.35. The van der Waals surface area contributed by atoms with Crippen LogP contribution in [0.2, 0.25) is 0 Å². The first kappa shape index (κ1) is 11.2. The van der Waals surface area contributed by atoms with Crippen LogP contribution >= 0.6 is 15.9 Å². The fourth-order valence-corrected chi connectivity index (χ4v) is 1.51. The van der Waals surface area contributed by atoms with Gasteiger partial charge in [-0.1, -0.05) is 13.8 Å². The first-order chi connectivity index (χ1) is 6.65. The van der Waals surface area contributed by atoms with E-state index < -0.39 is 0 Å². The van der Waals surface area contributed by atoms with Crippen LogP contribution in [0.1, 0.15) is 13.8 Å². The van der Waals surface area contributed by atoms with Gasteiger partial charge in [0.1, 0.15) is 22.4 Å². The van der Waals surface area contributed by atoms with E-state index in [4.69, 9.17) is 0 Å². The summed E-state index contributed by atoms with van der Waals surface area (Å²) in [5.41, 5.74) is 0. The lowest BCUT2D eigenvalue weighted by molar-refractivity contribution is 0.686. The maximum atomic E-state index is 4.15. The maximum Gasteiger partial charge on any atom is 0.145 e. The molecule has 0 aliphatic rings. The fourth-order valence-electron chi connectivity index (χ4n) is 0.968. The zero-order chi connectivity index (χ0) is 10.6. The maximum absolute atomic E-state index is 4.15. The largest absolute Gasteiger partial charge is 0.372 e. The highest BCUT2D eigenvalue weighted by molar-refractivity contribution is 9.10. The van der Waals surface area contributed by atoms with E-state index in [-0.39, 0.29) is 0 Å². The minimum atomic E-state index is 0.593. The molecule has 0 radical (unpaired) electrons. The molecule has 1 aromatic heterocycles. The molecule has 4 nitrogen and oxygen atoms in total. The number of halogens is 1. The van der Waals surface area contributed by atoms with Crippen molar-refractivity contribution < 1.29 is 0 Å². The molecule has 0 aromatic carbocycles. The van der Waals surface area contributed by atoms with E-state index in [1.807, 2.05) is 7.05 Å². The second kappa shape index (κ2) is 5.14.